The second-order valence-electron chi connectivity index (χ2n) is 6.28. The van der Waals surface area contributed by atoms with Gasteiger partial charge >= 0.3 is 0 Å². The second kappa shape index (κ2) is 6.78. The van der Waals surface area contributed by atoms with Gasteiger partial charge in [0.2, 0.25) is 0 Å². The molecule has 1 N–H and O–H groups in total. The number of anilines is 1. The van der Waals surface area contributed by atoms with Crippen LogP contribution in [0.1, 0.15) is 27.0 Å². The zero-order chi connectivity index (χ0) is 17.1. The third kappa shape index (κ3) is 3.11. The maximum atomic E-state index is 11.4. The Balaban J connectivity index is 1.80. The van der Waals surface area contributed by atoms with Crippen LogP contribution in [0.15, 0.2) is 78.9 Å². The van der Waals surface area contributed by atoms with Gasteiger partial charge in [0.25, 0.3) is 0 Å². The van der Waals surface area contributed by atoms with E-state index in [4.69, 9.17) is 0 Å². The molecule has 0 saturated heterocycles. The lowest BCUT2D eigenvalue weighted by molar-refractivity contribution is 0.112. The first-order valence-corrected chi connectivity index (χ1v) is 8.51. The van der Waals surface area contributed by atoms with Crippen LogP contribution in [-0.2, 0) is 6.42 Å². The first kappa shape index (κ1) is 15.4. The van der Waals surface area contributed by atoms with E-state index in [1.54, 1.807) is 0 Å². The minimum Gasteiger partial charge on any atom is -0.377 e. The summed E-state index contributed by atoms with van der Waals surface area (Å²) in [6.07, 6.45) is 4.00. The number of carbonyl (C=O) groups excluding carboxylic acids is 1. The number of para-hydroxylation sites is 1. The van der Waals surface area contributed by atoms with Crippen LogP contribution in [-0.4, -0.2) is 12.3 Å². The second-order valence-corrected chi connectivity index (χ2v) is 6.28. The molecule has 0 fully saturated rings. The highest BCUT2D eigenvalue weighted by Crippen LogP contribution is 2.35. The Labute approximate surface area is 147 Å². The van der Waals surface area contributed by atoms with E-state index in [1.165, 1.54) is 16.7 Å². The third-order valence-electron chi connectivity index (χ3n) is 4.65. The summed E-state index contributed by atoms with van der Waals surface area (Å²) in [5.41, 5.74) is 6.43. The standard InChI is InChI=1S/C23H19NO/c25-16-20-13-7-12-19-15-21(18-10-5-2-6-11-18)22(24-23(19)20)14-17-8-3-1-4-9-17/h1-13,15-16,22,24H,14H2. The van der Waals surface area contributed by atoms with E-state index in [-0.39, 0.29) is 6.04 Å². The van der Waals surface area contributed by atoms with Gasteiger partial charge in [-0.2, -0.15) is 0 Å². The Kier molecular flexibility index (Phi) is 4.17. The van der Waals surface area contributed by atoms with Crippen molar-refractivity contribution in [2.24, 2.45) is 0 Å². The van der Waals surface area contributed by atoms with Gasteiger partial charge in [-0.15, -0.1) is 0 Å². The fraction of sp³-hybridized carbons (Fsp3) is 0.0870. The predicted molar refractivity (Wildman–Crippen MR) is 104 cm³/mol. The van der Waals surface area contributed by atoms with E-state index in [1.807, 2.05) is 24.3 Å². The van der Waals surface area contributed by atoms with Crippen LogP contribution in [0.2, 0.25) is 0 Å². The first-order valence-electron chi connectivity index (χ1n) is 8.51. The van der Waals surface area contributed by atoms with Crippen molar-refractivity contribution in [3.8, 4) is 0 Å². The number of hydrogen-bond donors (Lipinski definition) is 1. The molecule has 4 rings (SSSR count). The predicted octanol–water partition coefficient (Wildman–Crippen LogP) is 5.08. The first-order chi connectivity index (χ1) is 12.3. The number of benzene rings is 3. The molecule has 122 valence electrons. The summed E-state index contributed by atoms with van der Waals surface area (Å²) in [5, 5.41) is 3.61. The third-order valence-corrected chi connectivity index (χ3v) is 4.65. The monoisotopic (exact) mass is 325 g/mol. The highest BCUT2D eigenvalue weighted by atomic mass is 16.1. The Morgan fingerprint density at radius 2 is 1.56 bits per heavy atom. The van der Waals surface area contributed by atoms with Crippen LogP contribution in [0.4, 0.5) is 5.69 Å². The molecule has 0 amide bonds. The molecule has 0 radical (unpaired) electrons. The lowest BCUT2D eigenvalue weighted by atomic mass is 9.87. The van der Waals surface area contributed by atoms with Crippen molar-refractivity contribution in [1.82, 2.24) is 0 Å². The van der Waals surface area contributed by atoms with Gasteiger partial charge in [0.15, 0.2) is 6.29 Å². The van der Waals surface area contributed by atoms with E-state index in [0.29, 0.717) is 5.56 Å². The summed E-state index contributed by atoms with van der Waals surface area (Å²) < 4.78 is 0. The quantitative estimate of drug-likeness (QED) is 0.678. The van der Waals surface area contributed by atoms with E-state index in [2.05, 4.69) is 66.0 Å². The number of rotatable bonds is 4. The Morgan fingerprint density at radius 3 is 2.28 bits per heavy atom. The summed E-state index contributed by atoms with van der Waals surface area (Å²) in [4.78, 5) is 11.4. The minimum absolute atomic E-state index is 0.124. The van der Waals surface area contributed by atoms with Crippen LogP contribution in [0.25, 0.3) is 11.6 Å². The van der Waals surface area contributed by atoms with Crippen molar-refractivity contribution in [3.63, 3.8) is 0 Å². The summed E-state index contributed by atoms with van der Waals surface area (Å²) in [7, 11) is 0. The van der Waals surface area contributed by atoms with Gasteiger partial charge in [0.05, 0.1) is 11.7 Å². The van der Waals surface area contributed by atoms with Crippen molar-refractivity contribution in [3.05, 3.63) is 101 Å². The van der Waals surface area contributed by atoms with Crippen LogP contribution in [0.5, 0.6) is 0 Å². The molecule has 0 aliphatic carbocycles. The molecule has 3 aromatic rings. The summed E-state index contributed by atoms with van der Waals surface area (Å²) >= 11 is 0. The zero-order valence-electron chi connectivity index (χ0n) is 13.9. The molecule has 2 heteroatoms. The molecule has 0 spiro atoms. The number of carbonyl (C=O) groups is 1. The smallest absolute Gasteiger partial charge is 0.152 e. The van der Waals surface area contributed by atoms with Crippen molar-refractivity contribution in [1.29, 1.82) is 0 Å². The Morgan fingerprint density at radius 1 is 0.840 bits per heavy atom. The summed E-state index contributed by atoms with van der Waals surface area (Å²) in [6.45, 7) is 0. The van der Waals surface area contributed by atoms with Gasteiger partial charge in [0.1, 0.15) is 0 Å². The number of hydrogen-bond acceptors (Lipinski definition) is 2. The van der Waals surface area contributed by atoms with Gasteiger partial charge in [-0.3, -0.25) is 4.79 Å². The molecule has 1 aliphatic rings. The molecule has 1 atom stereocenters. The minimum atomic E-state index is 0.124. The molecule has 25 heavy (non-hydrogen) atoms. The molecule has 1 heterocycles. The average molecular weight is 325 g/mol. The van der Waals surface area contributed by atoms with Crippen molar-refractivity contribution in [2.75, 3.05) is 5.32 Å². The topological polar surface area (TPSA) is 29.1 Å². The Hall–Kier alpha value is -3.13. The largest absolute Gasteiger partial charge is 0.377 e. The number of fused-ring (bicyclic) bond motifs is 1. The molecule has 0 aromatic heterocycles. The van der Waals surface area contributed by atoms with E-state index >= 15 is 0 Å². The van der Waals surface area contributed by atoms with Gasteiger partial charge in [-0.25, -0.2) is 0 Å². The molecular formula is C23H19NO. The van der Waals surface area contributed by atoms with Crippen molar-refractivity contribution in [2.45, 2.75) is 12.5 Å². The highest BCUT2D eigenvalue weighted by molar-refractivity contribution is 5.97. The van der Waals surface area contributed by atoms with Crippen LogP contribution < -0.4 is 5.32 Å². The fourth-order valence-corrected chi connectivity index (χ4v) is 3.42. The summed E-state index contributed by atoms with van der Waals surface area (Å²) in [5.74, 6) is 0. The molecule has 0 bridgehead atoms. The van der Waals surface area contributed by atoms with E-state index in [9.17, 15) is 4.79 Å². The normalized spacial score (nSPS) is 15.7. The SMILES string of the molecule is O=Cc1cccc2c1NC(Cc1ccccc1)C(c1ccccc1)=C2. The van der Waals surface area contributed by atoms with Gasteiger partial charge < -0.3 is 5.32 Å². The number of aldehydes is 1. The lowest BCUT2D eigenvalue weighted by Crippen LogP contribution is -2.27. The van der Waals surface area contributed by atoms with E-state index < -0.39 is 0 Å². The van der Waals surface area contributed by atoms with Gasteiger partial charge in [-0.1, -0.05) is 72.8 Å². The molecule has 0 saturated carbocycles. The van der Waals surface area contributed by atoms with Crippen LogP contribution >= 0.6 is 0 Å². The molecule has 2 nitrogen and oxygen atoms in total. The maximum Gasteiger partial charge on any atom is 0.152 e. The average Bonchev–Trinajstić information content (AvgIpc) is 2.68. The zero-order valence-corrected chi connectivity index (χ0v) is 13.9. The maximum absolute atomic E-state index is 11.4. The number of nitrogens with one attached hydrogen (secondary N) is 1. The van der Waals surface area contributed by atoms with E-state index in [0.717, 1.165) is 24.0 Å². The van der Waals surface area contributed by atoms with Gasteiger partial charge in [0, 0.05) is 5.56 Å². The van der Waals surface area contributed by atoms with Gasteiger partial charge in [-0.05, 0) is 40.8 Å². The van der Waals surface area contributed by atoms with Crippen molar-refractivity contribution >= 4 is 23.6 Å². The van der Waals surface area contributed by atoms with Crippen LogP contribution in [0, 0.1) is 0 Å². The molecule has 1 aliphatic heterocycles. The molecular weight excluding hydrogens is 306 g/mol. The summed E-state index contributed by atoms with van der Waals surface area (Å²) in [6, 6.07) is 26.9. The Bertz CT molecular complexity index is 913. The van der Waals surface area contributed by atoms with Crippen molar-refractivity contribution < 1.29 is 4.79 Å². The lowest BCUT2D eigenvalue weighted by Gasteiger charge is -2.30. The molecule has 3 aromatic carbocycles. The van der Waals surface area contributed by atoms with Crippen LogP contribution in [0.3, 0.4) is 0 Å². The molecule has 1 unspecified atom stereocenters. The fourth-order valence-electron chi connectivity index (χ4n) is 3.42. The highest BCUT2D eigenvalue weighted by Gasteiger charge is 2.23.